The summed E-state index contributed by atoms with van der Waals surface area (Å²) in [6.45, 7) is 1.57. The highest BCUT2D eigenvalue weighted by Gasteiger charge is 2.16. The van der Waals surface area contributed by atoms with Crippen LogP contribution in [-0.2, 0) is 9.53 Å². The van der Waals surface area contributed by atoms with Crippen LogP contribution in [-0.4, -0.2) is 46.1 Å². The fourth-order valence-corrected chi connectivity index (χ4v) is 3.77. The number of nitrogens with one attached hydrogen (secondary N) is 2. The first-order chi connectivity index (χ1) is 11.7. The van der Waals surface area contributed by atoms with Crippen LogP contribution in [0.1, 0.15) is 12.8 Å². The SMILES string of the molecule is O=C(CSc1nnc(NC[C@H]2CCCO2)s1)Nc1ccc(Cl)cn1. The minimum Gasteiger partial charge on any atom is -0.376 e. The summed E-state index contributed by atoms with van der Waals surface area (Å²) in [5, 5.41) is 15.3. The molecule has 0 saturated carbocycles. The first kappa shape index (κ1) is 17.4. The molecule has 10 heteroatoms. The predicted octanol–water partition coefficient (Wildman–Crippen LogP) is 2.91. The van der Waals surface area contributed by atoms with Gasteiger partial charge in [-0.1, -0.05) is 34.7 Å². The number of thioether (sulfide) groups is 1. The van der Waals surface area contributed by atoms with Gasteiger partial charge in [0, 0.05) is 19.3 Å². The van der Waals surface area contributed by atoms with Crippen LogP contribution in [0.4, 0.5) is 10.9 Å². The van der Waals surface area contributed by atoms with Crippen LogP contribution in [0.5, 0.6) is 0 Å². The average Bonchev–Trinajstić information content (AvgIpc) is 3.25. The third kappa shape index (κ3) is 5.30. The van der Waals surface area contributed by atoms with E-state index in [0.29, 0.717) is 10.8 Å². The number of halogens is 1. The van der Waals surface area contributed by atoms with Crippen molar-refractivity contribution >= 4 is 51.6 Å². The summed E-state index contributed by atoms with van der Waals surface area (Å²) in [4.78, 5) is 15.9. The standard InChI is InChI=1S/C14H16ClN5O2S2/c15-9-3-4-11(16-6-9)18-12(21)8-23-14-20-19-13(24-14)17-7-10-2-1-5-22-10/h3-4,6,10H,1-2,5,7-8H2,(H,17,19)(H,16,18,21)/t10-/m1/s1. The van der Waals surface area contributed by atoms with Gasteiger partial charge in [-0.05, 0) is 25.0 Å². The molecule has 0 radical (unpaired) electrons. The first-order valence-corrected chi connectivity index (χ1v) is 9.60. The lowest BCUT2D eigenvalue weighted by Gasteiger charge is -2.08. The highest BCUT2D eigenvalue weighted by molar-refractivity contribution is 8.01. The van der Waals surface area contributed by atoms with Crippen LogP contribution in [0.25, 0.3) is 0 Å². The minimum atomic E-state index is -0.154. The van der Waals surface area contributed by atoms with E-state index in [1.54, 1.807) is 12.1 Å². The number of carbonyl (C=O) groups is 1. The Labute approximate surface area is 152 Å². The van der Waals surface area contributed by atoms with Gasteiger partial charge in [-0.25, -0.2) is 4.98 Å². The second-order valence-corrected chi connectivity index (χ2v) is 7.72. The van der Waals surface area contributed by atoms with Crippen molar-refractivity contribution in [1.29, 1.82) is 0 Å². The third-order valence-corrected chi connectivity index (χ3v) is 5.47. The second-order valence-electron chi connectivity index (χ2n) is 5.09. The Balaban J connectivity index is 1.41. The van der Waals surface area contributed by atoms with Crippen molar-refractivity contribution in [3.05, 3.63) is 23.4 Å². The number of hydrogen-bond donors (Lipinski definition) is 2. The summed E-state index contributed by atoms with van der Waals surface area (Å²) in [5.74, 6) is 0.560. The Hall–Kier alpha value is -1.42. The van der Waals surface area contributed by atoms with Gasteiger partial charge in [0.25, 0.3) is 0 Å². The zero-order valence-electron chi connectivity index (χ0n) is 12.7. The van der Waals surface area contributed by atoms with E-state index in [9.17, 15) is 4.79 Å². The van der Waals surface area contributed by atoms with Crippen molar-refractivity contribution in [2.24, 2.45) is 0 Å². The molecule has 24 heavy (non-hydrogen) atoms. The van der Waals surface area contributed by atoms with E-state index >= 15 is 0 Å². The lowest BCUT2D eigenvalue weighted by molar-refractivity contribution is -0.113. The Kier molecular flexibility index (Phi) is 6.24. The zero-order valence-corrected chi connectivity index (χ0v) is 15.1. The fourth-order valence-electron chi connectivity index (χ4n) is 2.10. The minimum absolute atomic E-state index is 0.154. The van der Waals surface area contributed by atoms with Gasteiger partial charge >= 0.3 is 0 Å². The molecule has 128 valence electrons. The number of carbonyl (C=O) groups excluding carboxylic acids is 1. The predicted molar refractivity (Wildman–Crippen MR) is 96.0 cm³/mol. The number of aromatic nitrogens is 3. The summed E-state index contributed by atoms with van der Waals surface area (Å²) in [6.07, 6.45) is 3.93. The lowest BCUT2D eigenvalue weighted by atomic mass is 10.2. The summed E-state index contributed by atoms with van der Waals surface area (Å²) in [6, 6.07) is 3.33. The molecule has 1 aliphatic heterocycles. The van der Waals surface area contributed by atoms with E-state index in [4.69, 9.17) is 16.3 Å². The number of hydrogen-bond acceptors (Lipinski definition) is 8. The molecule has 0 spiro atoms. The Morgan fingerprint density at radius 1 is 1.46 bits per heavy atom. The van der Waals surface area contributed by atoms with Crippen LogP contribution >= 0.6 is 34.7 Å². The molecule has 1 amide bonds. The van der Waals surface area contributed by atoms with Crippen LogP contribution in [0, 0.1) is 0 Å². The maximum absolute atomic E-state index is 11.9. The molecular formula is C14H16ClN5O2S2. The van der Waals surface area contributed by atoms with Crippen molar-refractivity contribution in [1.82, 2.24) is 15.2 Å². The molecule has 0 bridgehead atoms. The van der Waals surface area contributed by atoms with E-state index in [-0.39, 0.29) is 17.8 Å². The first-order valence-electron chi connectivity index (χ1n) is 7.42. The number of amides is 1. The van der Waals surface area contributed by atoms with Crippen LogP contribution in [0.3, 0.4) is 0 Å². The van der Waals surface area contributed by atoms with E-state index < -0.39 is 0 Å². The molecule has 1 fully saturated rings. The van der Waals surface area contributed by atoms with Gasteiger partial charge in [0.2, 0.25) is 11.0 Å². The average molecular weight is 386 g/mol. The molecule has 0 aromatic carbocycles. The van der Waals surface area contributed by atoms with Crippen LogP contribution in [0.15, 0.2) is 22.7 Å². The fraction of sp³-hybridized carbons (Fsp3) is 0.429. The summed E-state index contributed by atoms with van der Waals surface area (Å²) in [5.41, 5.74) is 0. The molecular weight excluding hydrogens is 370 g/mol. The Morgan fingerprint density at radius 2 is 2.38 bits per heavy atom. The molecule has 2 N–H and O–H groups in total. The Morgan fingerprint density at radius 3 is 3.12 bits per heavy atom. The van der Waals surface area contributed by atoms with Gasteiger partial charge in [-0.2, -0.15) is 0 Å². The molecule has 1 aliphatic rings. The summed E-state index contributed by atoms with van der Waals surface area (Å²) >= 11 is 8.52. The molecule has 7 nitrogen and oxygen atoms in total. The number of pyridine rings is 1. The normalized spacial score (nSPS) is 17.0. The van der Waals surface area contributed by atoms with E-state index in [1.807, 2.05) is 0 Å². The smallest absolute Gasteiger partial charge is 0.235 e. The van der Waals surface area contributed by atoms with E-state index in [1.165, 1.54) is 29.3 Å². The van der Waals surface area contributed by atoms with E-state index in [2.05, 4.69) is 25.8 Å². The highest BCUT2D eigenvalue weighted by Crippen LogP contribution is 2.26. The number of rotatable bonds is 7. The third-order valence-electron chi connectivity index (χ3n) is 3.23. The van der Waals surface area contributed by atoms with Gasteiger partial charge in [-0.3, -0.25) is 4.79 Å². The van der Waals surface area contributed by atoms with E-state index in [0.717, 1.165) is 35.5 Å². The summed E-state index contributed by atoms with van der Waals surface area (Å²) < 4.78 is 6.29. The molecule has 3 rings (SSSR count). The van der Waals surface area contributed by atoms with Crippen molar-refractivity contribution in [2.45, 2.75) is 23.3 Å². The zero-order chi connectivity index (χ0) is 16.8. The van der Waals surface area contributed by atoms with Crippen molar-refractivity contribution in [3.63, 3.8) is 0 Å². The Bertz CT molecular complexity index is 676. The van der Waals surface area contributed by atoms with Crippen molar-refractivity contribution in [2.75, 3.05) is 29.5 Å². The van der Waals surface area contributed by atoms with Gasteiger partial charge in [0.15, 0.2) is 4.34 Å². The number of ether oxygens (including phenoxy) is 1. The van der Waals surface area contributed by atoms with Crippen molar-refractivity contribution in [3.8, 4) is 0 Å². The summed E-state index contributed by atoms with van der Waals surface area (Å²) in [7, 11) is 0. The molecule has 1 saturated heterocycles. The largest absolute Gasteiger partial charge is 0.376 e. The lowest BCUT2D eigenvalue weighted by Crippen LogP contribution is -2.18. The molecule has 2 aromatic heterocycles. The maximum Gasteiger partial charge on any atom is 0.235 e. The molecule has 2 aromatic rings. The highest BCUT2D eigenvalue weighted by atomic mass is 35.5. The van der Waals surface area contributed by atoms with Crippen LogP contribution in [0.2, 0.25) is 5.02 Å². The van der Waals surface area contributed by atoms with Gasteiger partial charge in [0.05, 0.1) is 16.9 Å². The number of nitrogens with zero attached hydrogens (tertiary/aromatic N) is 3. The molecule has 0 aliphatic carbocycles. The topological polar surface area (TPSA) is 89.0 Å². The number of anilines is 2. The monoisotopic (exact) mass is 385 g/mol. The van der Waals surface area contributed by atoms with Crippen LogP contribution < -0.4 is 10.6 Å². The van der Waals surface area contributed by atoms with Gasteiger partial charge in [0.1, 0.15) is 5.82 Å². The van der Waals surface area contributed by atoms with Crippen molar-refractivity contribution < 1.29 is 9.53 Å². The molecule has 0 unspecified atom stereocenters. The maximum atomic E-state index is 11.9. The van der Waals surface area contributed by atoms with Gasteiger partial charge < -0.3 is 15.4 Å². The second kappa shape index (κ2) is 8.61. The quantitative estimate of drug-likeness (QED) is 0.708. The molecule has 3 heterocycles. The molecule has 1 atom stereocenters. The van der Waals surface area contributed by atoms with Gasteiger partial charge in [-0.15, -0.1) is 10.2 Å².